The van der Waals surface area contributed by atoms with Gasteiger partial charge in [-0.15, -0.1) is 0 Å². The minimum Gasteiger partial charge on any atom is -0.497 e. The fourth-order valence-electron chi connectivity index (χ4n) is 2.52. The highest BCUT2D eigenvalue weighted by molar-refractivity contribution is 7.80. The molecule has 3 rings (SSSR count). The molecule has 0 spiro atoms. The van der Waals surface area contributed by atoms with E-state index < -0.39 is 0 Å². The molecule has 0 aromatic heterocycles. The van der Waals surface area contributed by atoms with E-state index in [4.69, 9.17) is 17.0 Å². The molecule has 0 bridgehead atoms. The number of nitrogens with one attached hydrogen (secondary N) is 1. The van der Waals surface area contributed by atoms with Gasteiger partial charge in [0.25, 0.3) is 5.91 Å². The lowest BCUT2D eigenvalue weighted by molar-refractivity contribution is -0.113. The zero-order valence-electron chi connectivity index (χ0n) is 13.6. The van der Waals surface area contributed by atoms with Crippen LogP contribution in [0.15, 0.2) is 54.2 Å². The van der Waals surface area contributed by atoms with E-state index in [0.29, 0.717) is 16.5 Å². The van der Waals surface area contributed by atoms with Crippen molar-refractivity contribution in [3.8, 4) is 5.75 Å². The average molecular weight is 338 g/mol. The van der Waals surface area contributed by atoms with Crippen molar-refractivity contribution in [2.24, 2.45) is 0 Å². The number of nitrogens with zero attached hydrogens (tertiary/aromatic N) is 1. The van der Waals surface area contributed by atoms with Gasteiger partial charge in [-0.25, -0.2) is 0 Å². The van der Waals surface area contributed by atoms with E-state index in [2.05, 4.69) is 24.4 Å². The predicted molar refractivity (Wildman–Crippen MR) is 100 cm³/mol. The van der Waals surface area contributed by atoms with Crippen LogP contribution in [0.3, 0.4) is 0 Å². The molecule has 122 valence electrons. The maximum Gasteiger partial charge on any atom is 0.281 e. The molecule has 1 saturated heterocycles. The van der Waals surface area contributed by atoms with Crippen molar-refractivity contribution in [2.45, 2.75) is 13.3 Å². The Bertz CT molecular complexity index is 795. The predicted octanol–water partition coefficient (Wildman–Crippen LogP) is 3.52. The van der Waals surface area contributed by atoms with Crippen LogP contribution in [-0.4, -0.2) is 18.1 Å². The Kier molecular flexibility index (Phi) is 4.62. The first kappa shape index (κ1) is 16.2. The molecule has 2 aromatic carbocycles. The van der Waals surface area contributed by atoms with Gasteiger partial charge in [0, 0.05) is 0 Å². The molecule has 24 heavy (non-hydrogen) atoms. The average Bonchev–Trinajstić information content (AvgIpc) is 2.89. The first-order valence-corrected chi connectivity index (χ1v) is 8.13. The van der Waals surface area contributed by atoms with Gasteiger partial charge >= 0.3 is 0 Å². The summed E-state index contributed by atoms with van der Waals surface area (Å²) in [5, 5.41) is 3.37. The molecular formula is C19H18N2O2S. The summed E-state index contributed by atoms with van der Waals surface area (Å²) in [5.74, 6) is 0.570. The lowest BCUT2D eigenvalue weighted by Gasteiger charge is -2.14. The van der Waals surface area contributed by atoms with Crippen LogP contribution < -0.4 is 15.0 Å². The molecule has 1 amide bonds. The Morgan fingerprint density at radius 1 is 1.12 bits per heavy atom. The fourth-order valence-corrected chi connectivity index (χ4v) is 2.82. The van der Waals surface area contributed by atoms with E-state index in [-0.39, 0.29) is 5.91 Å². The van der Waals surface area contributed by atoms with Crippen molar-refractivity contribution in [2.75, 3.05) is 12.0 Å². The lowest BCUT2D eigenvalue weighted by Crippen LogP contribution is -2.30. The van der Waals surface area contributed by atoms with Crippen LogP contribution in [0.2, 0.25) is 0 Å². The highest BCUT2D eigenvalue weighted by atomic mass is 32.1. The van der Waals surface area contributed by atoms with Crippen molar-refractivity contribution in [3.63, 3.8) is 0 Å². The van der Waals surface area contributed by atoms with Crippen LogP contribution in [0.4, 0.5) is 5.69 Å². The van der Waals surface area contributed by atoms with Gasteiger partial charge < -0.3 is 10.1 Å². The maximum absolute atomic E-state index is 12.7. The molecule has 1 aliphatic rings. The van der Waals surface area contributed by atoms with Crippen LogP contribution in [0.1, 0.15) is 18.1 Å². The molecule has 1 N–H and O–H groups in total. The number of rotatable bonds is 4. The van der Waals surface area contributed by atoms with Crippen LogP contribution in [-0.2, 0) is 11.2 Å². The Morgan fingerprint density at radius 3 is 2.38 bits per heavy atom. The van der Waals surface area contributed by atoms with E-state index >= 15 is 0 Å². The number of amides is 1. The van der Waals surface area contributed by atoms with Crippen molar-refractivity contribution >= 4 is 35.0 Å². The zero-order chi connectivity index (χ0) is 17.1. The van der Waals surface area contributed by atoms with Gasteiger partial charge in [-0.2, -0.15) is 0 Å². The quantitative estimate of drug-likeness (QED) is 0.684. The van der Waals surface area contributed by atoms with Crippen molar-refractivity contribution in [1.82, 2.24) is 5.32 Å². The standard InChI is InChI=1S/C19H18N2O2S/c1-3-13-4-6-14(7-5-13)12-17-18(22)21(19(24)20-17)15-8-10-16(23-2)11-9-15/h4-12H,3H2,1-2H3,(H,20,24). The van der Waals surface area contributed by atoms with Gasteiger partial charge in [0.05, 0.1) is 12.8 Å². The third-order valence-corrected chi connectivity index (χ3v) is 4.19. The number of methoxy groups -OCH3 is 1. The zero-order valence-corrected chi connectivity index (χ0v) is 14.4. The molecule has 1 fully saturated rings. The second-order valence-electron chi connectivity index (χ2n) is 5.42. The third-order valence-electron chi connectivity index (χ3n) is 3.91. The summed E-state index contributed by atoms with van der Waals surface area (Å²) in [4.78, 5) is 14.2. The second-order valence-corrected chi connectivity index (χ2v) is 5.81. The Hall–Kier alpha value is -2.66. The van der Waals surface area contributed by atoms with Crippen molar-refractivity contribution in [3.05, 3.63) is 65.4 Å². The van der Waals surface area contributed by atoms with E-state index in [1.54, 1.807) is 19.2 Å². The first-order chi connectivity index (χ1) is 11.6. The van der Waals surface area contributed by atoms with Gasteiger partial charge in [0.2, 0.25) is 0 Å². The number of ether oxygens (including phenoxy) is 1. The largest absolute Gasteiger partial charge is 0.497 e. The number of hydrogen-bond acceptors (Lipinski definition) is 3. The minimum absolute atomic E-state index is 0.162. The van der Waals surface area contributed by atoms with Gasteiger partial charge in [0.15, 0.2) is 5.11 Å². The molecule has 0 radical (unpaired) electrons. The fraction of sp³-hybridized carbons (Fsp3) is 0.158. The monoisotopic (exact) mass is 338 g/mol. The van der Waals surface area contributed by atoms with E-state index in [1.165, 1.54) is 10.5 Å². The number of thiocarbonyl (C=S) groups is 1. The molecule has 1 heterocycles. The summed E-state index contributed by atoms with van der Waals surface area (Å²) in [6.45, 7) is 2.11. The number of carbonyl (C=O) groups excluding carboxylic acids is 1. The molecule has 0 saturated carbocycles. The van der Waals surface area contributed by atoms with E-state index in [1.807, 2.05) is 30.3 Å². The Labute approximate surface area is 146 Å². The van der Waals surface area contributed by atoms with Crippen LogP contribution in [0.5, 0.6) is 5.75 Å². The molecule has 0 aliphatic carbocycles. The van der Waals surface area contributed by atoms with E-state index in [9.17, 15) is 4.79 Å². The number of carbonyl (C=O) groups is 1. The summed E-state index contributed by atoms with van der Waals surface area (Å²) in [7, 11) is 1.60. The molecule has 4 nitrogen and oxygen atoms in total. The molecule has 0 unspecified atom stereocenters. The number of anilines is 1. The maximum atomic E-state index is 12.7. The molecule has 1 aliphatic heterocycles. The van der Waals surface area contributed by atoms with Crippen LogP contribution in [0, 0.1) is 0 Å². The van der Waals surface area contributed by atoms with Gasteiger partial charge in [-0.05, 0) is 60.1 Å². The Balaban J connectivity index is 1.85. The van der Waals surface area contributed by atoms with Gasteiger partial charge in [0.1, 0.15) is 11.4 Å². The van der Waals surface area contributed by atoms with Crippen molar-refractivity contribution in [1.29, 1.82) is 0 Å². The number of benzene rings is 2. The van der Waals surface area contributed by atoms with Crippen LogP contribution in [0.25, 0.3) is 6.08 Å². The SMILES string of the molecule is CCc1ccc(C=C2NC(=S)N(c3ccc(OC)cc3)C2=O)cc1. The molecule has 2 aromatic rings. The summed E-state index contributed by atoms with van der Waals surface area (Å²) < 4.78 is 5.14. The third kappa shape index (κ3) is 3.16. The van der Waals surface area contributed by atoms with E-state index in [0.717, 1.165) is 17.7 Å². The Morgan fingerprint density at radius 2 is 1.79 bits per heavy atom. The second kappa shape index (κ2) is 6.84. The van der Waals surface area contributed by atoms with Crippen LogP contribution >= 0.6 is 12.2 Å². The topological polar surface area (TPSA) is 41.6 Å². The first-order valence-electron chi connectivity index (χ1n) is 7.72. The lowest BCUT2D eigenvalue weighted by atomic mass is 10.1. The molecular weight excluding hydrogens is 320 g/mol. The smallest absolute Gasteiger partial charge is 0.281 e. The highest BCUT2D eigenvalue weighted by Crippen LogP contribution is 2.24. The normalized spacial score (nSPS) is 15.8. The molecule has 0 atom stereocenters. The summed E-state index contributed by atoms with van der Waals surface area (Å²) in [5.41, 5.74) is 3.41. The highest BCUT2D eigenvalue weighted by Gasteiger charge is 2.31. The summed E-state index contributed by atoms with van der Waals surface area (Å²) >= 11 is 5.32. The minimum atomic E-state index is -0.162. The van der Waals surface area contributed by atoms with Gasteiger partial charge in [-0.3, -0.25) is 9.69 Å². The molecule has 5 heteroatoms. The number of hydrogen-bond donors (Lipinski definition) is 1. The number of aryl methyl sites for hydroxylation is 1. The van der Waals surface area contributed by atoms with Crippen molar-refractivity contribution < 1.29 is 9.53 Å². The summed E-state index contributed by atoms with van der Waals surface area (Å²) in [6.07, 6.45) is 2.81. The van der Waals surface area contributed by atoms with Gasteiger partial charge in [-0.1, -0.05) is 31.2 Å². The summed E-state index contributed by atoms with van der Waals surface area (Å²) in [6, 6.07) is 15.3.